The number of rotatable bonds is 56. The van der Waals surface area contributed by atoms with Gasteiger partial charge in [0.15, 0.2) is 0 Å². The third-order valence-electron chi connectivity index (χ3n) is 14.0. The molecule has 0 saturated heterocycles. The Morgan fingerprint density at radius 2 is 0.746 bits per heavy atom. The van der Waals surface area contributed by atoms with Crippen molar-refractivity contribution >= 4 is 11.9 Å². The monoisotopic (exact) mass is 944 g/mol. The fourth-order valence-corrected chi connectivity index (χ4v) is 9.38. The molecule has 0 rings (SSSR count). The lowest BCUT2D eigenvalue weighted by atomic mass is 10.0. The zero-order chi connectivity index (χ0) is 48.6. The molecular formula is C61H117NO5. The molecule has 0 aliphatic carbocycles. The van der Waals surface area contributed by atoms with Gasteiger partial charge in [-0.1, -0.05) is 282 Å². The molecular weight excluding hydrogens is 827 g/mol. The maximum atomic E-state index is 12.5. The normalized spacial score (nSPS) is 12.7. The SMILES string of the molecule is CCCCCC/C=C\C/C=C\CCCCCCCC(=O)OCCCCCCCCCCCCCCCCCCCCC(=O)NC(CO)C(O)CCCCCCCCCCCCCCCCCC. The summed E-state index contributed by atoms with van der Waals surface area (Å²) in [7, 11) is 0. The topological polar surface area (TPSA) is 95.9 Å². The third kappa shape index (κ3) is 53.5. The summed E-state index contributed by atoms with van der Waals surface area (Å²) in [5.74, 6) is -0.0430. The van der Waals surface area contributed by atoms with Crippen LogP contribution in [0.4, 0.5) is 0 Å². The number of carbonyl (C=O) groups is 2. The summed E-state index contributed by atoms with van der Waals surface area (Å²) in [6, 6.07) is -0.545. The maximum Gasteiger partial charge on any atom is 0.305 e. The molecule has 396 valence electrons. The molecule has 6 heteroatoms. The van der Waals surface area contributed by atoms with Crippen LogP contribution < -0.4 is 5.32 Å². The molecule has 6 nitrogen and oxygen atoms in total. The summed E-state index contributed by atoms with van der Waals surface area (Å²) in [5, 5.41) is 23.3. The van der Waals surface area contributed by atoms with Crippen LogP contribution >= 0.6 is 0 Å². The van der Waals surface area contributed by atoms with Crippen LogP contribution in [0.1, 0.15) is 328 Å². The number of unbranched alkanes of at least 4 members (excludes halogenated alkanes) is 41. The summed E-state index contributed by atoms with van der Waals surface area (Å²) >= 11 is 0. The van der Waals surface area contributed by atoms with Crippen LogP contribution in [-0.4, -0.2) is 47.4 Å². The molecule has 0 aliphatic heterocycles. The van der Waals surface area contributed by atoms with E-state index in [0.29, 0.717) is 25.9 Å². The van der Waals surface area contributed by atoms with Crippen LogP contribution in [0.25, 0.3) is 0 Å². The first-order valence-electron chi connectivity index (χ1n) is 30.1. The Kier molecular flexibility index (Phi) is 55.5. The second-order valence-corrected chi connectivity index (χ2v) is 20.7. The highest BCUT2D eigenvalue weighted by Gasteiger charge is 2.20. The molecule has 67 heavy (non-hydrogen) atoms. The van der Waals surface area contributed by atoms with E-state index in [1.807, 2.05) is 0 Å². The first-order chi connectivity index (χ1) is 33.0. The fraction of sp³-hybridized carbons (Fsp3) is 0.902. The van der Waals surface area contributed by atoms with E-state index < -0.39 is 12.1 Å². The molecule has 0 saturated carbocycles. The van der Waals surface area contributed by atoms with E-state index >= 15 is 0 Å². The van der Waals surface area contributed by atoms with E-state index in [-0.39, 0.29) is 18.5 Å². The number of hydrogen-bond acceptors (Lipinski definition) is 5. The van der Waals surface area contributed by atoms with Crippen LogP contribution in [0.15, 0.2) is 24.3 Å². The molecule has 0 aromatic rings. The fourth-order valence-electron chi connectivity index (χ4n) is 9.38. The van der Waals surface area contributed by atoms with Gasteiger partial charge in [0.2, 0.25) is 5.91 Å². The zero-order valence-electron chi connectivity index (χ0n) is 45.1. The van der Waals surface area contributed by atoms with Crippen molar-refractivity contribution in [3.05, 3.63) is 24.3 Å². The van der Waals surface area contributed by atoms with Crippen LogP contribution in [0.3, 0.4) is 0 Å². The first kappa shape index (κ1) is 65.3. The first-order valence-corrected chi connectivity index (χ1v) is 30.1. The van der Waals surface area contributed by atoms with Crippen LogP contribution in [0.5, 0.6) is 0 Å². The Balaban J connectivity index is 3.41. The van der Waals surface area contributed by atoms with Gasteiger partial charge >= 0.3 is 5.97 Å². The lowest BCUT2D eigenvalue weighted by Gasteiger charge is -2.22. The Hall–Kier alpha value is -1.66. The van der Waals surface area contributed by atoms with Crippen molar-refractivity contribution in [1.82, 2.24) is 5.32 Å². The van der Waals surface area contributed by atoms with E-state index in [4.69, 9.17) is 4.74 Å². The predicted molar refractivity (Wildman–Crippen MR) is 292 cm³/mol. The van der Waals surface area contributed by atoms with Crippen LogP contribution in [0.2, 0.25) is 0 Å². The Labute approximate surface area is 418 Å². The average molecular weight is 945 g/mol. The standard InChI is InChI=1S/C61H117NO5/c1-3-5-7-9-11-13-15-17-19-25-29-33-37-41-45-49-53-59(64)58(57-63)62-60(65)54-50-46-42-38-34-30-26-23-21-22-24-28-32-36-40-44-48-52-56-67-61(66)55-51-47-43-39-35-31-27-20-18-16-14-12-10-8-6-4-2/h14,16,20,27,58-59,63-64H,3-13,15,17-19,21-26,28-57H2,1-2H3,(H,62,65)/b16-14-,27-20-. The quantitative estimate of drug-likeness (QED) is 0.0321. The molecule has 2 atom stereocenters. The number of esters is 1. The van der Waals surface area contributed by atoms with Crippen molar-refractivity contribution in [2.75, 3.05) is 13.2 Å². The third-order valence-corrected chi connectivity index (χ3v) is 14.0. The minimum absolute atomic E-state index is 0.00566. The largest absolute Gasteiger partial charge is 0.466 e. The lowest BCUT2D eigenvalue weighted by Crippen LogP contribution is -2.45. The minimum atomic E-state index is -0.667. The number of allylic oxidation sites excluding steroid dienone is 4. The van der Waals surface area contributed by atoms with Gasteiger partial charge in [0.25, 0.3) is 0 Å². The van der Waals surface area contributed by atoms with Gasteiger partial charge in [-0.2, -0.15) is 0 Å². The second-order valence-electron chi connectivity index (χ2n) is 20.7. The van der Waals surface area contributed by atoms with E-state index in [9.17, 15) is 19.8 Å². The van der Waals surface area contributed by atoms with Crippen molar-refractivity contribution in [2.24, 2.45) is 0 Å². The summed E-state index contributed by atoms with van der Waals surface area (Å²) < 4.78 is 5.48. The smallest absolute Gasteiger partial charge is 0.305 e. The highest BCUT2D eigenvalue weighted by molar-refractivity contribution is 5.76. The summed E-state index contributed by atoms with van der Waals surface area (Å²) in [4.78, 5) is 24.5. The highest BCUT2D eigenvalue weighted by atomic mass is 16.5. The summed E-state index contributed by atoms with van der Waals surface area (Å²) in [5.41, 5.74) is 0. The zero-order valence-corrected chi connectivity index (χ0v) is 45.1. The predicted octanol–water partition coefficient (Wildman–Crippen LogP) is 18.6. The highest BCUT2D eigenvalue weighted by Crippen LogP contribution is 2.18. The Morgan fingerprint density at radius 3 is 1.15 bits per heavy atom. The van der Waals surface area contributed by atoms with Gasteiger partial charge in [-0.15, -0.1) is 0 Å². The van der Waals surface area contributed by atoms with Gasteiger partial charge < -0.3 is 20.3 Å². The summed E-state index contributed by atoms with van der Waals surface area (Å²) in [6.45, 7) is 4.94. The number of nitrogens with one attached hydrogen (secondary N) is 1. The van der Waals surface area contributed by atoms with E-state index in [2.05, 4.69) is 43.5 Å². The van der Waals surface area contributed by atoms with Gasteiger partial charge in [0.05, 0.1) is 25.4 Å². The molecule has 0 radical (unpaired) electrons. The van der Waals surface area contributed by atoms with E-state index in [0.717, 1.165) is 51.4 Å². The number of ether oxygens (including phenoxy) is 1. The average Bonchev–Trinajstić information content (AvgIpc) is 3.33. The van der Waals surface area contributed by atoms with Gasteiger partial charge in [0, 0.05) is 12.8 Å². The lowest BCUT2D eigenvalue weighted by molar-refractivity contribution is -0.143. The number of carbonyl (C=O) groups excluding carboxylic acids is 2. The van der Waals surface area contributed by atoms with Crippen LogP contribution in [-0.2, 0) is 14.3 Å². The molecule has 0 aliphatic rings. The second kappa shape index (κ2) is 56.9. The molecule has 2 unspecified atom stereocenters. The number of hydrogen-bond donors (Lipinski definition) is 3. The molecule has 0 bridgehead atoms. The summed E-state index contributed by atoms with van der Waals surface area (Å²) in [6.07, 6.45) is 68.8. The number of aliphatic hydroxyl groups is 2. The molecule has 0 spiro atoms. The Morgan fingerprint density at radius 1 is 0.418 bits per heavy atom. The number of amides is 1. The number of aliphatic hydroxyl groups excluding tert-OH is 2. The maximum absolute atomic E-state index is 12.5. The van der Waals surface area contributed by atoms with Gasteiger partial charge in [0.1, 0.15) is 0 Å². The van der Waals surface area contributed by atoms with E-state index in [1.54, 1.807) is 0 Å². The van der Waals surface area contributed by atoms with Crippen molar-refractivity contribution in [3.8, 4) is 0 Å². The van der Waals surface area contributed by atoms with Gasteiger partial charge in [-0.05, 0) is 57.8 Å². The van der Waals surface area contributed by atoms with Crippen molar-refractivity contribution in [3.63, 3.8) is 0 Å². The molecule has 0 aromatic heterocycles. The van der Waals surface area contributed by atoms with Crippen LogP contribution in [0, 0.1) is 0 Å². The molecule has 1 amide bonds. The van der Waals surface area contributed by atoms with Gasteiger partial charge in [-0.3, -0.25) is 9.59 Å². The van der Waals surface area contributed by atoms with Crippen molar-refractivity contribution < 1.29 is 24.5 Å². The minimum Gasteiger partial charge on any atom is -0.466 e. The molecule has 0 heterocycles. The molecule has 3 N–H and O–H groups in total. The van der Waals surface area contributed by atoms with Crippen molar-refractivity contribution in [2.45, 2.75) is 341 Å². The van der Waals surface area contributed by atoms with Crippen molar-refractivity contribution in [1.29, 1.82) is 0 Å². The molecule has 0 fully saturated rings. The van der Waals surface area contributed by atoms with Gasteiger partial charge in [-0.25, -0.2) is 0 Å². The molecule has 0 aromatic carbocycles. The Bertz CT molecular complexity index is 1040. The van der Waals surface area contributed by atoms with E-state index in [1.165, 1.54) is 244 Å².